The standard InChI is InChI=1S/C12H11N3S/c1-8-9(2)16-12(14-8)15-11-5-3-4-10(6-11)7-13/h3-6H,1-2H3,(H,14,15). The molecule has 0 atom stereocenters. The highest BCUT2D eigenvalue weighted by atomic mass is 32.1. The molecule has 80 valence electrons. The van der Waals surface area contributed by atoms with Gasteiger partial charge >= 0.3 is 0 Å². The number of nitriles is 1. The van der Waals surface area contributed by atoms with Gasteiger partial charge in [0.1, 0.15) is 0 Å². The number of aryl methyl sites for hydroxylation is 2. The number of nitrogens with zero attached hydrogens (tertiary/aromatic N) is 2. The quantitative estimate of drug-likeness (QED) is 0.858. The van der Waals surface area contributed by atoms with Gasteiger partial charge in [-0.15, -0.1) is 11.3 Å². The second kappa shape index (κ2) is 4.33. The summed E-state index contributed by atoms with van der Waals surface area (Å²) < 4.78 is 0. The number of thiazole rings is 1. The summed E-state index contributed by atoms with van der Waals surface area (Å²) in [6.45, 7) is 4.03. The van der Waals surface area contributed by atoms with Gasteiger partial charge in [0.2, 0.25) is 0 Å². The lowest BCUT2D eigenvalue weighted by Crippen LogP contribution is -1.89. The van der Waals surface area contributed by atoms with E-state index in [2.05, 4.69) is 16.4 Å². The monoisotopic (exact) mass is 229 g/mol. The number of nitrogens with one attached hydrogen (secondary N) is 1. The van der Waals surface area contributed by atoms with Crippen molar-refractivity contribution in [1.29, 1.82) is 5.26 Å². The van der Waals surface area contributed by atoms with Crippen LogP contribution in [0, 0.1) is 25.2 Å². The third-order valence-electron chi connectivity index (χ3n) is 2.27. The summed E-state index contributed by atoms with van der Waals surface area (Å²) in [7, 11) is 0. The van der Waals surface area contributed by atoms with E-state index in [9.17, 15) is 0 Å². The first-order valence-electron chi connectivity index (χ1n) is 4.90. The van der Waals surface area contributed by atoms with Gasteiger partial charge in [0.25, 0.3) is 0 Å². The van der Waals surface area contributed by atoms with Gasteiger partial charge in [-0.05, 0) is 32.0 Å². The largest absolute Gasteiger partial charge is 0.331 e. The van der Waals surface area contributed by atoms with Crippen LogP contribution in [0.1, 0.15) is 16.1 Å². The molecule has 0 amide bonds. The molecule has 0 aliphatic heterocycles. The smallest absolute Gasteiger partial charge is 0.187 e. The van der Waals surface area contributed by atoms with Crippen molar-refractivity contribution in [2.24, 2.45) is 0 Å². The average Bonchev–Trinajstić information content (AvgIpc) is 2.58. The summed E-state index contributed by atoms with van der Waals surface area (Å²) in [4.78, 5) is 5.59. The van der Waals surface area contributed by atoms with Crippen LogP contribution in [0.2, 0.25) is 0 Å². The zero-order valence-corrected chi connectivity index (χ0v) is 9.93. The van der Waals surface area contributed by atoms with E-state index in [0.717, 1.165) is 16.5 Å². The number of anilines is 2. The average molecular weight is 229 g/mol. The van der Waals surface area contributed by atoms with E-state index in [4.69, 9.17) is 5.26 Å². The Balaban J connectivity index is 2.24. The minimum absolute atomic E-state index is 0.648. The van der Waals surface area contributed by atoms with E-state index in [0.29, 0.717) is 5.56 Å². The lowest BCUT2D eigenvalue weighted by Gasteiger charge is -2.01. The third kappa shape index (κ3) is 2.20. The predicted octanol–water partition coefficient (Wildman–Crippen LogP) is 3.38. The number of aromatic nitrogens is 1. The van der Waals surface area contributed by atoms with E-state index in [-0.39, 0.29) is 0 Å². The minimum atomic E-state index is 0.648. The van der Waals surface area contributed by atoms with Gasteiger partial charge in [-0.25, -0.2) is 4.98 Å². The number of hydrogen-bond donors (Lipinski definition) is 1. The molecular weight excluding hydrogens is 218 g/mol. The molecule has 0 aliphatic rings. The maximum atomic E-state index is 8.79. The summed E-state index contributed by atoms with van der Waals surface area (Å²) in [5.74, 6) is 0. The zero-order valence-electron chi connectivity index (χ0n) is 9.11. The van der Waals surface area contributed by atoms with Gasteiger partial charge in [0.05, 0.1) is 17.3 Å². The Bertz CT molecular complexity index is 532. The fraction of sp³-hybridized carbons (Fsp3) is 0.167. The van der Waals surface area contributed by atoms with Crippen molar-refractivity contribution in [2.45, 2.75) is 13.8 Å². The molecule has 0 saturated carbocycles. The third-order valence-corrected chi connectivity index (χ3v) is 3.26. The first-order valence-corrected chi connectivity index (χ1v) is 5.72. The molecule has 0 spiro atoms. The summed E-state index contributed by atoms with van der Waals surface area (Å²) in [5, 5.41) is 12.8. The lowest BCUT2D eigenvalue weighted by atomic mass is 10.2. The minimum Gasteiger partial charge on any atom is -0.331 e. The summed E-state index contributed by atoms with van der Waals surface area (Å²) in [6.07, 6.45) is 0. The van der Waals surface area contributed by atoms with Gasteiger partial charge in [-0.1, -0.05) is 6.07 Å². The molecule has 0 bridgehead atoms. The van der Waals surface area contributed by atoms with Crippen molar-refractivity contribution in [2.75, 3.05) is 5.32 Å². The highest BCUT2D eigenvalue weighted by molar-refractivity contribution is 7.15. The molecule has 2 aromatic rings. The van der Waals surface area contributed by atoms with Crippen LogP contribution >= 0.6 is 11.3 Å². The highest BCUT2D eigenvalue weighted by Crippen LogP contribution is 2.24. The van der Waals surface area contributed by atoms with Crippen molar-refractivity contribution in [3.63, 3.8) is 0 Å². The fourth-order valence-corrected chi connectivity index (χ4v) is 2.15. The Morgan fingerprint density at radius 3 is 2.81 bits per heavy atom. The van der Waals surface area contributed by atoms with Gasteiger partial charge in [0, 0.05) is 10.6 Å². The van der Waals surface area contributed by atoms with Crippen LogP contribution in [0.5, 0.6) is 0 Å². The van der Waals surface area contributed by atoms with E-state index >= 15 is 0 Å². The van der Waals surface area contributed by atoms with Crippen molar-refractivity contribution >= 4 is 22.2 Å². The predicted molar refractivity (Wildman–Crippen MR) is 66.0 cm³/mol. The number of benzene rings is 1. The van der Waals surface area contributed by atoms with Crippen LogP contribution < -0.4 is 5.32 Å². The molecule has 1 aromatic heterocycles. The molecule has 0 radical (unpaired) electrons. The van der Waals surface area contributed by atoms with Gasteiger partial charge in [-0.2, -0.15) is 5.26 Å². The maximum Gasteiger partial charge on any atom is 0.187 e. The molecule has 2 rings (SSSR count). The van der Waals surface area contributed by atoms with E-state index in [1.807, 2.05) is 32.0 Å². The molecule has 0 fully saturated rings. The van der Waals surface area contributed by atoms with Crippen LogP contribution in [-0.2, 0) is 0 Å². The molecular formula is C12H11N3S. The van der Waals surface area contributed by atoms with Crippen LogP contribution in [0.15, 0.2) is 24.3 Å². The fourth-order valence-electron chi connectivity index (χ4n) is 1.32. The Kier molecular flexibility index (Phi) is 2.88. The first-order chi connectivity index (χ1) is 7.69. The Morgan fingerprint density at radius 2 is 2.19 bits per heavy atom. The maximum absolute atomic E-state index is 8.79. The van der Waals surface area contributed by atoms with E-state index in [1.165, 1.54) is 4.88 Å². The van der Waals surface area contributed by atoms with Crippen LogP contribution in [0.4, 0.5) is 10.8 Å². The highest BCUT2D eigenvalue weighted by Gasteiger charge is 2.03. The van der Waals surface area contributed by atoms with Crippen LogP contribution in [-0.4, -0.2) is 4.98 Å². The number of rotatable bonds is 2. The molecule has 4 heteroatoms. The second-order valence-electron chi connectivity index (χ2n) is 3.48. The summed E-state index contributed by atoms with van der Waals surface area (Å²) in [6, 6.07) is 9.48. The van der Waals surface area contributed by atoms with Crippen molar-refractivity contribution in [3.05, 3.63) is 40.4 Å². The van der Waals surface area contributed by atoms with Crippen LogP contribution in [0.3, 0.4) is 0 Å². The van der Waals surface area contributed by atoms with Gasteiger partial charge in [-0.3, -0.25) is 0 Å². The van der Waals surface area contributed by atoms with Gasteiger partial charge in [0.15, 0.2) is 5.13 Å². The Hall–Kier alpha value is -1.86. The van der Waals surface area contributed by atoms with Crippen LogP contribution in [0.25, 0.3) is 0 Å². The number of hydrogen-bond acceptors (Lipinski definition) is 4. The molecule has 1 aromatic carbocycles. The van der Waals surface area contributed by atoms with Gasteiger partial charge < -0.3 is 5.32 Å². The normalized spacial score (nSPS) is 9.81. The molecule has 0 saturated heterocycles. The topological polar surface area (TPSA) is 48.7 Å². The summed E-state index contributed by atoms with van der Waals surface area (Å²) >= 11 is 1.62. The Morgan fingerprint density at radius 1 is 1.38 bits per heavy atom. The van der Waals surface area contributed by atoms with Crippen molar-refractivity contribution in [3.8, 4) is 6.07 Å². The molecule has 1 heterocycles. The Labute approximate surface area is 98.4 Å². The molecule has 0 aliphatic carbocycles. The second-order valence-corrected chi connectivity index (χ2v) is 4.68. The van der Waals surface area contributed by atoms with E-state index in [1.54, 1.807) is 17.4 Å². The molecule has 3 nitrogen and oxygen atoms in total. The van der Waals surface area contributed by atoms with Crippen molar-refractivity contribution < 1.29 is 0 Å². The molecule has 1 N–H and O–H groups in total. The SMILES string of the molecule is Cc1nc(Nc2cccc(C#N)c2)sc1C. The molecule has 16 heavy (non-hydrogen) atoms. The van der Waals surface area contributed by atoms with E-state index < -0.39 is 0 Å². The zero-order chi connectivity index (χ0) is 11.5. The lowest BCUT2D eigenvalue weighted by molar-refractivity contribution is 1.23. The molecule has 0 unspecified atom stereocenters. The first kappa shape index (κ1) is 10.7. The van der Waals surface area contributed by atoms with Crippen molar-refractivity contribution in [1.82, 2.24) is 4.98 Å². The summed E-state index contributed by atoms with van der Waals surface area (Å²) in [5.41, 5.74) is 2.59.